The number of allylic oxidation sites excluding steroid dienone is 1. The molecule has 0 fully saturated rings. The molecule has 174 valence electrons. The van der Waals surface area contributed by atoms with Crippen LogP contribution < -0.4 is 10.5 Å². The lowest BCUT2D eigenvalue weighted by atomic mass is 9.81. The molecule has 0 aromatic heterocycles. The number of guanidine groups is 1. The number of nitrogens with zero attached hydrogens (tertiary/aromatic N) is 2. The van der Waals surface area contributed by atoms with Gasteiger partial charge in [0.25, 0.3) is 5.91 Å². The summed E-state index contributed by atoms with van der Waals surface area (Å²) in [6.45, 7) is 1.01. The number of aliphatic hydroxyl groups is 1. The molecule has 0 saturated carbocycles. The highest BCUT2D eigenvalue weighted by Gasteiger charge is 2.49. The normalized spacial score (nSPS) is 17.8. The van der Waals surface area contributed by atoms with Crippen LogP contribution >= 0.6 is 0 Å². The summed E-state index contributed by atoms with van der Waals surface area (Å²) in [5, 5.41) is 8.99. The fourth-order valence-corrected chi connectivity index (χ4v) is 3.92. The maximum atomic E-state index is 13.4. The maximum absolute atomic E-state index is 13.4. The number of hydrogen-bond acceptors (Lipinski definition) is 5. The van der Waals surface area contributed by atoms with Crippen LogP contribution in [0, 0.1) is 0 Å². The molecule has 1 aliphatic heterocycles. The number of nitrogens with two attached hydrogens (primary N) is 1. The van der Waals surface area contributed by atoms with Crippen LogP contribution in [-0.4, -0.2) is 42.1 Å². The van der Waals surface area contributed by atoms with Crippen molar-refractivity contribution in [1.29, 1.82) is 0 Å². The summed E-state index contributed by atoms with van der Waals surface area (Å²) in [4.78, 5) is 19.2. The van der Waals surface area contributed by atoms with E-state index in [9.17, 15) is 13.6 Å². The summed E-state index contributed by atoms with van der Waals surface area (Å²) >= 11 is 0. The topological polar surface area (TPSA) is 88.2 Å². The molecule has 1 amide bonds. The zero-order chi connectivity index (χ0) is 24.0. The van der Waals surface area contributed by atoms with Gasteiger partial charge in [0, 0.05) is 19.2 Å². The van der Waals surface area contributed by atoms with Crippen molar-refractivity contribution in [1.82, 2.24) is 4.90 Å². The molecule has 3 N–H and O–H groups in total. The number of halogens is 2. The van der Waals surface area contributed by atoms with Crippen LogP contribution in [0.3, 0.4) is 0 Å². The quantitative estimate of drug-likeness (QED) is 0.418. The van der Waals surface area contributed by atoms with Gasteiger partial charge in [0.1, 0.15) is 5.75 Å². The molecule has 33 heavy (non-hydrogen) atoms. The van der Waals surface area contributed by atoms with Crippen LogP contribution in [0.1, 0.15) is 42.4 Å². The van der Waals surface area contributed by atoms with Crippen LogP contribution in [0.25, 0.3) is 5.57 Å². The van der Waals surface area contributed by atoms with Gasteiger partial charge in [0.15, 0.2) is 11.5 Å². The Morgan fingerprint density at radius 3 is 2.52 bits per heavy atom. The molecule has 1 atom stereocenters. The molecule has 2 aromatic carbocycles. The highest BCUT2D eigenvalue weighted by Crippen LogP contribution is 2.40. The molecule has 0 radical (unpaired) electrons. The zero-order valence-corrected chi connectivity index (χ0v) is 18.4. The van der Waals surface area contributed by atoms with Crippen LogP contribution in [0.5, 0.6) is 5.75 Å². The Labute approximate surface area is 191 Å². The number of alkyl halides is 2. The largest absolute Gasteiger partial charge is 0.435 e. The van der Waals surface area contributed by atoms with E-state index in [0.717, 1.165) is 36.8 Å². The summed E-state index contributed by atoms with van der Waals surface area (Å²) in [6.07, 6.45) is 3.20. The van der Waals surface area contributed by atoms with Gasteiger partial charge in [-0.2, -0.15) is 8.78 Å². The third kappa shape index (κ3) is 4.97. The maximum Gasteiger partial charge on any atom is 0.387 e. The molecule has 1 aliphatic rings. The van der Waals surface area contributed by atoms with E-state index >= 15 is 0 Å². The van der Waals surface area contributed by atoms with Crippen LogP contribution in [0.4, 0.5) is 8.78 Å². The summed E-state index contributed by atoms with van der Waals surface area (Å²) in [7, 11) is 1.54. The molecule has 0 bridgehead atoms. The van der Waals surface area contributed by atoms with Crippen molar-refractivity contribution in [2.75, 3.05) is 13.7 Å². The Balaban J connectivity index is 2.04. The number of aliphatic imine (C=N–C) groups is 1. The Morgan fingerprint density at radius 2 is 1.94 bits per heavy atom. The van der Waals surface area contributed by atoms with E-state index in [4.69, 9.17) is 10.8 Å². The molecule has 3 rings (SSSR count). The second kappa shape index (κ2) is 10.4. The van der Waals surface area contributed by atoms with Crippen molar-refractivity contribution in [3.8, 4) is 5.75 Å². The SMILES string of the molecule is C=C=C(CCCCCO)c1cccc(C2(c3ccc(OC(F)F)cc3)N=C(N)N(C)C2=O)c1. The molecular formula is C25H27F2N3O3. The van der Waals surface area contributed by atoms with Crippen LogP contribution in [0.2, 0.25) is 0 Å². The fourth-order valence-electron chi connectivity index (χ4n) is 3.92. The standard InChI is InChI=1S/C25H27F2N3O3/c1-3-17(8-5-4-6-15-31)18-9-7-10-20(16-18)25(22(32)30(2)24(28)29-25)19-11-13-21(14-12-19)33-23(26)27/h7,9-14,16,23,31H,1,4-6,8,15H2,2H3,(H2,28,29). The zero-order valence-electron chi connectivity index (χ0n) is 18.4. The van der Waals surface area contributed by atoms with E-state index in [-0.39, 0.29) is 24.2 Å². The van der Waals surface area contributed by atoms with Gasteiger partial charge in [0.05, 0.1) is 0 Å². The van der Waals surface area contributed by atoms with Crippen LogP contribution in [-0.2, 0) is 10.3 Å². The van der Waals surface area contributed by atoms with Gasteiger partial charge in [-0.1, -0.05) is 43.3 Å². The Hall–Kier alpha value is -3.48. The minimum Gasteiger partial charge on any atom is -0.435 e. The van der Waals surface area contributed by atoms with Crippen molar-refractivity contribution in [2.24, 2.45) is 10.7 Å². The van der Waals surface area contributed by atoms with Crippen molar-refractivity contribution in [3.63, 3.8) is 0 Å². The Bertz CT molecular complexity index is 1080. The first kappa shape index (κ1) is 24.2. The van der Waals surface area contributed by atoms with Crippen molar-refractivity contribution in [3.05, 3.63) is 77.5 Å². The predicted octanol–water partition coefficient (Wildman–Crippen LogP) is 4.04. The van der Waals surface area contributed by atoms with E-state index in [1.54, 1.807) is 6.07 Å². The lowest BCUT2D eigenvalue weighted by Crippen LogP contribution is -2.41. The number of likely N-dealkylation sites (N-methyl/N-ethyl adjacent to an activating group) is 1. The van der Waals surface area contributed by atoms with Gasteiger partial charge in [0.2, 0.25) is 0 Å². The van der Waals surface area contributed by atoms with E-state index in [1.807, 2.05) is 18.2 Å². The molecule has 6 nitrogen and oxygen atoms in total. The number of hydrogen-bond donors (Lipinski definition) is 2. The number of aliphatic hydroxyl groups excluding tert-OH is 1. The molecule has 8 heteroatoms. The van der Waals surface area contributed by atoms with Gasteiger partial charge in [-0.15, -0.1) is 5.73 Å². The average molecular weight is 456 g/mol. The first-order chi connectivity index (χ1) is 15.8. The first-order valence-corrected chi connectivity index (χ1v) is 10.6. The lowest BCUT2D eigenvalue weighted by Gasteiger charge is -2.27. The summed E-state index contributed by atoms with van der Waals surface area (Å²) in [6, 6.07) is 13.2. The lowest BCUT2D eigenvalue weighted by molar-refractivity contribution is -0.129. The van der Waals surface area contributed by atoms with Gasteiger partial charge in [-0.3, -0.25) is 9.69 Å². The number of amides is 1. The van der Waals surface area contributed by atoms with Crippen molar-refractivity contribution < 1.29 is 23.4 Å². The number of carbonyl (C=O) groups is 1. The van der Waals surface area contributed by atoms with E-state index in [2.05, 4.69) is 22.0 Å². The highest BCUT2D eigenvalue weighted by molar-refractivity contribution is 6.09. The Kier molecular flexibility index (Phi) is 7.63. The molecule has 0 aliphatic carbocycles. The molecule has 2 aromatic rings. The monoisotopic (exact) mass is 455 g/mol. The van der Waals surface area contributed by atoms with Crippen LogP contribution in [0.15, 0.2) is 65.8 Å². The number of carbonyl (C=O) groups excluding carboxylic acids is 1. The number of rotatable bonds is 10. The minimum absolute atomic E-state index is 0.0202. The third-order valence-corrected chi connectivity index (χ3v) is 5.66. The minimum atomic E-state index is -2.95. The second-order valence-corrected chi connectivity index (χ2v) is 7.72. The number of benzene rings is 2. The fraction of sp³-hybridized carbons (Fsp3) is 0.320. The van der Waals surface area contributed by atoms with Crippen molar-refractivity contribution >= 4 is 17.4 Å². The smallest absolute Gasteiger partial charge is 0.387 e. The molecular weight excluding hydrogens is 428 g/mol. The van der Waals surface area contributed by atoms with Crippen molar-refractivity contribution in [2.45, 2.75) is 37.8 Å². The average Bonchev–Trinajstić information content (AvgIpc) is 3.04. The molecule has 1 heterocycles. The van der Waals surface area contributed by atoms with Gasteiger partial charge in [-0.05, 0) is 54.2 Å². The summed E-state index contributed by atoms with van der Waals surface area (Å²) < 4.78 is 29.6. The van der Waals surface area contributed by atoms with E-state index in [1.165, 1.54) is 36.2 Å². The number of unbranched alkanes of at least 4 members (excludes halogenated alkanes) is 2. The first-order valence-electron chi connectivity index (χ1n) is 10.6. The predicted molar refractivity (Wildman–Crippen MR) is 123 cm³/mol. The third-order valence-electron chi connectivity index (χ3n) is 5.66. The summed E-state index contributed by atoms with van der Waals surface area (Å²) in [5.41, 5.74) is 10.3. The van der Waals surface area contributed by atoms with Gasteiger partial charge >= 0.3 is 6.61 Å². The Morgan fingerprint density at radius 1 is 1.21 bits per heavy atom. The van der Waals surface area contributed by atoms with Gasteiger partial charge in [-0.25, -0.2) is 4.99 Å². The van der Waals surface area contributed by atoms with E-state index < -0.39 is 12.2 Å². The molecule has 0 spiro atoms. The highest BCUT2D eigenvalue weighted by atomic mass is 19.3. The molecule has 0 saturated heterocycles. The second-order valence-electron chi connectivity index (χ2n) is 7.72. The van der Waals surface area contributed by atoms with E-state index in [0.29, 0.717) is 11.1 Å². The van der Waals surface area contributed by atoms with Gasteiger partial charge < -0.3 is 15.6 Å². The summed E-state index contributed by atoms with van der Waals surface area (Å²) in [5.74, 6) is -0.318. The number of ether oxygens (including phenoxy) is 1. The molecule has 1 unspecified atom stereocenters.